The van der Waals surface area contributed by atoms with Gasteiger partial charge in [0.2, 0.25) is 0 Å². The average Bonchev–Trinajstić information content (AvgIpc) is 2.99. The quantitative estimate of drug-likeness (QED) is 0.351. The summed E-state index contributed by atoms with van der Waals surface area (Å²) in [6, 6.07) is 5.96. The Morgan fingerprint density at radius 2 is 2.12 bits per heavy atom. The summed E-state index contributed by atoms with van der Waals surface area (Å²) in [5, 5.41) is 2.67. The molecule has 1 aromatic rings. The minimum absolute atomic E-state index is 0. The first kappa shape index (κ1) is 22.8. The number of guanidine groups is 1. The number of ether oxygens (including phenoxy) is 2. The van der Waals surface area contributed by atoms with Crippen LogP contribution in [0.4, 0.5) is 18.9 Å². The van der Waals surface area contributed by atoms with E-state index in [1.54, 1.807) is 13.2 Å². The van der Waals surface area contributed by atoms with Crippen molar-refractivity contribution in [2.45, 2.75) is 25.2 Å². The van der Waals surface area contributed by atoms with Crippen LogP contribution in [-0.2, 0) is 4.74 Å². The molecule has 0 amide bonds. The molecule has 6 nitrogen and oxygen atoms in total. The number of hydrogen-bond donors (Lipinski definition) is 2. The fourth-order valence-corrected chi connectivity index (χ4v) is 2.77. The Labute approximate surface area is 167 Å². The SMILES string of the molecule is COCCN1CCCC1CN=C(N)Nc1ccccc1OC(F)(F)F.I. The standard InChI is InChI=1S/C16H23F3N4O2.HI/c1-24-10-9-23-8-4-5-12(23)11-21-15(20)22-13-6-2-3-7-14(13)25-16(17,18)19;/h2-3,6-7,12H,4-5,8-11H2,1H3,(H3,20,21,22);1H. The third-order valence-corrected chi connectivity index (χ3v) is 3.93. The van der Waals surface area contributed by atoms with Crippen LogP contribution in [0.25, 0.3) is 0 Å². The van der Waals surface area contributed by atoms with Gasteiger partial charge in [0, 0.05) is 19.7 Å². The van der Waals surface area contributed by atoms with Gasteiger partial charge in [-0.1, -0.05) is 12.1 Å². The van der Waals surface area contributed by atoms with Gasteiger partial charge in [-0.3, -0.25) is 9.89 Å². The largest absolute Gasteiger partial charge is 0.573 e. The highest BCUT2D eigenvalue weighted by Gasteiger charge is 2.32. The molecule has 26 heavy (non-hydrogen) atoms. The van der Waals surface area contributed by atoms with Gasteiger partial charge in [0.1, 0.15) is 0 Å². The van der Waals surface area contributed by atoms with E-state index in [2.05, 4.69) is 19.9 Å². The van der Waals surface area contributed by atoms with Crippen LogP contribution in [0, 0.1) is 0 Å². The molecule has 0 saturated carbocycles. The van der Waals surface area contributed by atoms with Crippen molar-refractivity contribution in [2.24, 2.45) is 10.7 Å². The first-order valence-electron chi connectivity index (χ1n) is 8.04. The highest BCUT2D eigenvalue weighted by Crippen LogP contribution is 2.29. The molecule has 0 aromatic heterocycles. The minimum atomic E-state index is -4.77. The maximum atomic E-state index is 12.4. The van der Waals surface area contributed by atoms with Crippen LogP contribution in [0.15, 0.2) is 29.3 Å². The number of nitrogens with two attached hydrogens (primary N) is 1. The molecule has 148 valence electrons. The zero-order valence-electron chi connectivity index (χ0n) is 14.5. The molecule has 10 heteroatoms. The molecule has 3 N–H and O–H groups in total. The van der Waals surface area contributed by atoms with Crippen LogP contribution in [-0.4, -0.2) is 56.6 Å². The Bertz CT molecular complexity index is 587. The van der Waals surface area contributed by atoms with Crippen LogP contribution >= 0.6 is 24.0 Å². The molecular formula is C16H24F3IN4O2. The van der Waals surface area contributed by atoms with Gasteiger partial charge in [-0.05, 0) is 31.5 Å². The summed E-state index contributed by atoms with van der Waals surface area (Å²) in [4.78, 5) is 6.54. The normalized spacial score (nSPS) is 18.5. The number of methoxy groups -OCH3 is 1. The number of nitrogens with one attached hydrogen (secondary N) is 1. The van der Waals surface area contributed by atoms with Crippen LogP contribution in [0.1, 0.15) is 12.8 Å². The molecule has 0 spiro atoms. The van der Waals surface area contributed by atoms with Crippen molar-refractivity contribution in [3.05, 3.63) is 24.3 Å². The molecule has 0 radical (unpaired) electrons. The van der Waals surface area contributed by atoms with Crippen LogP contribution < -0.4 is 15.8 Å². The number of aliphatic imine (C=N–C) groups is 1. The summed E-state index contributed by atoms with van der Waals surface area (Å²) >= 11 is 0. The van der Waals surface area contributed by atoms with Gasteiger partial charge in [0.15, 0.2) is 11.7 Å². The Morgan fingerprint density at radius 1 is 1.38 bits per heavy atom. The van der Waals surface area contributed by atoms with E-state index in [4.69, 9.17) is 10.5 Å². The van der Waals surface area contributed by atoms with Crippen molar-refractivity contribution in [2.75, 3.05) is 38.7 Å². The molecule has 0 bridgehead atoms. The topological polar surface area (TPSA) is 72.1 Å². The van der Waals surface area contributed by atoms with Crippen molar-refractivity contribution in [1.82, 2.24) is 4.90 Å². The second-order valence-electron chi connectivity index (χ2n) is 5.72. The molecule has 1 aromatic carbocycles. The zero-order valence-corrected chi connectivity index (χ0v) is 16.8. The average molecular weight is 488 g/mol. The van der Waals surface area contributed by atoms with E-state index >= 15 is 0 Å². The monoisotopic (exact) mass is 488 g/mol. The summed E-state index contributed by atoms with van der Waals surface area (Å²) in [6.45, 7) is 2.94. The molecule has 1 fully saturated rings. The van der Waals surface area contributed by atoms with E-state index in [1.807, 2.05) is 0 Å². The van der Waals surface area contributed by atoms with Crippen molar-refractivity contribution >= 4 is 35.6 Å². The lowest BCUT2D eigenvalue weighted by Gasteiger charge is -2.22. The number of benzene rings is 1. The minimum Gasteiger partial charge on any atom is -0.404 e. The number of halogens is 4. The maximum Gasteiger partial charge on any atom is 0.573 e. The van der Waals surface area contributed by atoms with E-state index in [1.165, 1.54) is 18.2 Å². The number of hydrogen-bond acceptors (Lipinski definition) is 4. The van der Waals surface area contributed by atoms with Gasteiger partial charge in [-0.15, -0.1) is 37.1 Å². The second kappa shape index (κ2) is 10.8. The Kier molecular flexibility index (Phi) is 9.44. The molecular weight excluding hydrogens is 464 g/mol. The third-order valence-electron chi connectivity index (χ3n) is 3.93. The lowest BCUT2D eigenvalue weighted by Crippen LogP contribution is -2.35. The molecule has 1 aliphatic rings. The fourth-order valence-electron chi connectivity index (χ4n) is 2.77. The summed E-state index contributed by atoms with van der Waals surface area (Å²) in [7, 11) is 1.66. The number of likely N-dealkylation sites (tertiary alicyclic amines) is 1. The summed E-state index contributed by atoms with van der Waals surface area (Å²) in [5.41, 5.74) is 5.94. The van der Waals surface area contributed by atoms with Gasteiger partial charge in [-0.25, -0.2) is 0 Å². The van der Waals surface area contributed by atoms with Crippen molar-refractivity contribution in [1.29, 1.82) is 0 Å². The highest BCUT2D eigenvalue weighted by molar-refractivity contribution is 14.0. The van der Waals surface area contributed by atoms with Gasteiger partial charge in [0.25, 0.3) is 0 Å². The summed E-state index contributed by atoms with van der Waals surface area (Å²) < 4.78 is 46.4. The number of para-hydroxylation sites is 2. The van der Waals surface area contributed by atoms with Crippen molar-refractivity contribution < 1.29 is 22.6 Å². The molecule has 1 unspecified atom stereocenters. The molecule has 1 aliphatic heterocycles. The Hall–Kier alpha value is -1.27. The van der Waals surface area contributed by atoms with Crippen molar-refractivity contribution in [3.63, 3.8) is 0 Å². The number of alkyl halides is 3. The third kappa shape index (κ3) is 7.54. The summed E-state index contributed by atoms with van der Waals surface area (Å²) in [6.07, 6.45) is -2.68. The van der Waals surface area contributed by atoms with E-state index < -0.39 is 6.36 Å². The lowest BCUT2D eigenvalue weighted by molar-refractivity contribution is -0.274. The number of anilines is 1. The molecule has 2 rings (SSSR count). The van der Waals surface area contributed by atoms with Gasteiger partial charge < -0.3 is 20.5 Å². The Morgan fingerprint density at radius 3 is 2.81 bits per heavy atom. The van der Waals surface area contributed by atoms with Crippen LogP contribution in [0.2, 0.25) is 0 Å². The molecule has 1 atom stereocenters. The predicted molar refractivity (Wildman–Crippen MR) is 105 cm³/mol. The van der Waals surface area contributed by atoms with Crippen LogP contribution in [0.5, 0.6) is 5.75 Å². The number of rotatable bonds is 7. The highest BCUT2D eigenvalue weighted by atomic mass is 127. The van der Waals surface area contributed by atoms with E-state index in [0.29, 0.717) is 13.2 Å². The fraction of sp³-hybridized carbons (Fsp3) is 0.562. The smallest absolute Gasteiger partial charge is 0.404 e. The van der Waals surface area contributed by atoms with Crippen LogP contribution in [0.3, 0.4) is 0 Å². The second-order valence-corrected chi connectivity index (χ2v) is 5.72. The predicted octanol–water partition coefficient (Wildman–Crippen LogP) is 3.04. The Balaban J connectivity index is 0.00000338. The summed E-state index contributed by atoms with van der Waals surface area (Å²) in [5.74, 6) is -0.299. The number of nitrogens with zero attached hydrogens (tertiary/aromatic N) is 2. The van der Waals surface area contributed by atoms with E-state index in [-0.39, 0.29) is 47.4 Å². The first-order chi connectivity index (χ1) is 11.9. The molecule has 1 saturated heterocycles. The van der Waals surface area contributed by atoms with E-state index in [0.717, 1.165) is 25.9 Å². The van der Waals surface area contributed by atoms with Gasteiger partial charge in [0.05, 0.1) is 18.8 Å². The lowest BCUT2D eigenvalue weighted by atomic mass is 10.2. The maximum absolute atomic E-state index is 12.4. The van der Waals surface area contributed by atoms with E-state index in [9.17, 15) is 13.2 Å². The van der Waals surface area contributed by atoms with Gasteiger partial charge in [-0.2, -0.15) is 0 Å². The molecule has 0 aliphatic carbocycles. The van der Waals surface area contributed by atoms with Gasteiger partial charge >= 0.3 is 6.36 Å². The first-order valence-corrected chi connectivity index (χ1v) is 8.04. The van der Waals surface area contributed by atoms with Crippen molar-refractivity contribution in [3.8, 4) is 5.75 Å². The zero-order chi connectivity index (χ0) is 18.3. The molecule has 1 heterocycles.